The van der Waals surface area contributed by atoms with Crippen LogP contribution in [0.5, 0.6) is 0 Å². The summed E-state index contributed by atoms with van der Waals surface area (Å²) in [6.07, 6.45) is 0.265. The van der Waals surface area contributed by atoms with E-state index in [1.165, 1.54) is 12.2 Å². The van der Waals surface area contributed by atoms with Crippen molar-refractivity contribution < 1.29 is 21.9 Å². The Hall–Kier alpha value is -0.450. The minimum atomic E-state index is -3.42. The fraction of sp³-hybridized carbons (Fsp3) is 0.600. The van der Waals surface area contributed by atoms with Crippen molar-refractivity contribution in [1.82, 2.24) is 0 Å². The Bertz CT molecular complexity index is 431. The standard InChI is InChI=1S/C10H16FO4PS/c1-3-5-16(12,6-4-2)15-10-8-17(13,14)7-9(10)11/h3-4,9-10H,1-2,5-8H2. The summed E-state index contributed by atoms with van der Waals surface area (Å²) in [6.45, 7) is 6.90. The summed E-state index contributed by atoms with van der Waals surface area (Å²) >= 11 is 0. The fourth-order valence-electron chi connectivity index (χ4n) is 1.67. The highest BCUT2D eigenvalue weighted by molar-refractivity contribution is 7.91. The molecule has 0 amide bonds. The zero-order valence-corrected chi connectivity index (χ0v) is 11.1. The second kappa shape index (κ2) is 5.46. The molecule has 1 aliphatic rings. The minimum absolute atomic E-state index is 0.0856. The molecule has 1 heterocycles. The Morgan fingerprint density at radius 1 is 1.29 bits per heavy atom. The van der Waals surface area contributed by atoms with Crippen molar-refractivity contribution >= 4 is 17.2 Å². The topological polar surface area (TPSA) is 60.4 Å². The summed E-state index contributed by atoms with van der Waals surface area (Å²) in [6, 6.07) is 0. The molecule has 2 unspecified atom stereocenters. The molecule has 1 aliphatic heterocycles. The predicted molar refractivity (Wildman–Crippen MR) is 66.2 cm³/mol. The molecule has 2 atom stereocenters. The van der Waals surface area contributed by atoms with E-state index < -0.39 is 41.0 Å². The predicted octanol–water partition coefficient (Wildman–Crippen LogP) is 1.79. The van der Waals surface area contributed by atoms with Crippen LogP contribution in [0.3, 0.4) is 0 Å². The number of allylic oxidation sites excluding steroid dienone is 2. The molecule has 0 aliphatic carbocycles. The van der Waals surface area contributed by atoms with Crippen LogP contribution in [-0.2, 0) is 18.9 Å². The number of hydrogen-bond donors (Lipinski definition) is 0. The van der Waals surface area contributed by atoms with Gasteiger partial charge in [-0.3, -0.25) is 4.57 Å². The van der Waals surface area contributed by atoms with Gasteiger partial charge in [-0.25, -0.2) is 12.8 Å². The van der Waals surface area contributed by atoms with Crippen molar-refractivity contribution in [3.63, 3.8) is 0 Å². The quantitative estimate of drug-likeness (QED) is 0.550. The van der Waals surface area contributed by atoms with Crippen molar-refractivity contribution in [2.75, 3.05) is 23.8 Å². The van der Waals surface area contributed by atoms with Crippen molar-refractivity contribution in [2.24, 2.45) is 0 Å². The molecule has 7 heteroatoms. The van der Waals surface area contributed by atoms with Gasteiger partial charge in [0.05, 0.1) is 11.5 Å². The van der Waals surface area contributed by atoms with E-state index in [2.05, 4.69) is 13.2 Å². The van der Waals surface area contributed by atoms with Gasteiger partial charge in [-0.05, 0) is 0 Å². The van der Waals surface area contributed by atoms with Gasteiger partial charge in [0.25, 0.3) is 0 Å². The number of alkyl halides is 1. The van der Waals surface area contributed by atoms with Crippen LogP contribution in [0.1, 0.15) is 0 Å². The number of rotatable bonds is 6. The van der Waals surface area contributed by atoms with Crippen LogP contribution in [0.2, 0.25) is 0 Å². The molecule has 0 N–H and O–H groups in total. The lowest BCUT2D eigenvalue weighted by molar-refractivity contribution is 0.144. The lowest BCUT2D eigenvalue weighted by atomic mass is 10.3. The molecule has 0 spiro atoms. The van der Waals surface area contributed by atoms with Gasteiger partial charge in [0.2, 0.25) is 7.37 Å². The van der Waals surface area contributed by atoms with E-state index in [4.69, 9.17) is 4.52 Å². The van der Waals surface area contributed by atoms with Crippen LogP contribution in [0.15, 0.2) is 25.3 Å². The van der Waals surface area contributed by atoms with Gasteiger partial charge in [-0.2, -0.15) is 0 Å². The van der Waals surface area contributed by atoms with Crippen LogP contribution in [-0.4, -0.2) is 44.5 Å². The maximum Gasteiger partial charge on any atom is 0.210 e. The second-order valence-electron chi connectivity index (χ2n) is 3.99. The maximum atomic E-state index is 13.4. The van der Waals surface area contributed by atoms with Crippen LogP contribution in [0.25, 0.3) is 0 Å². The molecule has 17 heavy (non-hydrogen) atoms. The van der Waals surface area contributed by atoms with Crippen molar-refractivity contribution in [2.45, 2.75) is 12.3 Å². The monoisotopic (exact) mass is 282 g/mol. The normalized spacial score (nSPS) is 27.8. The molecule has 1 rings (SSSR count). The van der Waals surface area contributed by atoms with Crippen LogP contribution >= 0.6 is 7.37 Å². The average Bonchev–Trinajstić information content (AvgIpc) is 2.39. The molecule has 0 aromatic rings. The molecule has 1 fully saturated rings. The molecule has 0 aromatic heterocycles. The lowest BCUT2D eigenvalue weighted by Gasteiger charge is -2.20. The fourth-order valence-corrected chi connectivity index (χ4v) is 5.19. The largest absolute Gasteiger partial charge is 0.320 e. The first-order valence-corrected chi connectivity index (χ1v) is 8.96. The summed E-state index contributed by atoms with van der Waals surface area (Å²) in [5, 5.41) is 0. The van der Waals surface area contributed by atoms with Gasteiger partial charge >= 0.3 is 0 Å². The second-order valence-corrected chi connectivity index (χ2v) is 8.72. The minimum Gasteiger partial charge on any atom is -0.320 e. The summed E-state index contributed by atoms with van der Waals surface area (Å²) in [5.41, 5.74) is 0. The van der Waals surface area contributed by atoms with Crippen LogP contribution in [0, 0.1) is 0 Å². The lowest BCUT2D eigenvalue weighted by Crippen LogP contribution is -2.23. The third-order valence-corrected chi connectivity index (χ3v) is 6.32. The first kappa shape index (κ1) is 14.6. The van der Waals surface area contributed by atoms with Crippen LogP contribution < -0.4 is 0 Å². The van der Waals surface area contributed by atoms with Gasteiger partial charge in [-0.15, -0.1) is 13.2 Å². The van der Waals surface area contributed by atoms with Crippen molar-refractivity contribution in [3.8, 4) is 0 Å². The zero-order valence-electron chi connectivity index (χ0n) is 9.42. The Morgan fingerprint density at radius 2 is 1.82 bits per heavy atom. The zero-order chi connectivity index (χ0) is 13.1. The van der Waals surface area contributed by atoms with E-state index in [1.807, 2.05) is 0 Å². The molecular weight excluding hydrogens is 266 g/mol. The molecular formula is C10H16FO4PS. The van der Waals surface area contributed by atoms with E-state index in [1.54, 1.807) is 0 Å². The number of halogens is 1. The molecule has 0 saturated carbocycles. The summed E-state index contributed by atoms with van der Waals surface area (Å²) in [4.78, 5) is 0. The summed E-state index contributed by atoms with van der Waals surface area (Å²) < 4.78 is 53.2. The Balaban J connectivity index is 2.78. The van der Waals surface area contributed by atoms with Gasteiger partial charge < -0.3 is 4.52 Å². The first-order chi connectivity index (χ1) is 7.82. The highest BCUT2D eigenvalue weighted by Gasteiger charge is 2.42. The van der Waals surface area contributed by atoms with E-state index >= 15 is 0 Å². The summed E-state index contributed by atoms with van der Waals surface area (Å²) in [7, 11) is -6.52. The Labute approximate surface area is 101 Å². The average molecular weight is 282 g/mol. The third-order valence-electron chi connectivity index (χ3n) is 2.38. The molecule has 0 aromatic carbocycles. The maximum absolute atomic E-state index is 13.4. The number of sulfone groups is 1. The Kier molecular flexibility index (Phi) is 4.69. The van der Waals surface area contributed by atoms with Crippen molar-refractivity contribution in [3.05, 3.63) is 25.3 Å². The Morgan fingerprint density at radius 3 is 2.18 bits per heavy atom. The van der Waals surface area contributed by atoms with Gasteiger partial charge in [0, 0.05) is 12.3 Å². The molecule has 1 saturated heterocycles. The smallest absolute Gasteiger partial charge is 0.210 e. The molecule has 0 radical (unpaired) electrons. The third kappa shape index (κ3) is 4.05. The van der Waals surface area contributed by atoms with Gasteiger partial charge in [0.15, 0.2) is 9.84 Å². The van der Waals surface area contributed by atoms with E-state index in [0.717, 1.165) is 0 Å². The number of hydrogen-bond acceptors (Lipinski definition) is 4. The molecule has 0 bridgehead atoms. The van der Waals surface area contributed by atoms with Gasteiger partial charge in [0.1, 0.15) is 12.3 Å². The van der Waals surface area contributed by atoms with Crippen molar-refractivity contribution in [1.29, 1.82) is 0 Å². The highest BCUT2D eigenvalue weighted by atomic mass is 32.2. The van der Waals surface area contributed by atoms with E-state index in [0.29, 0.717) is 0 Å². The molecule has 4 nitrogen and oxygen atoms in total. The summed E-state index contributed by atoms with van der Waals surface area (Å²) in [5.74, 6) is -0.966. The van der Waals surface area contributed by atoms with Gasteiger partial charge in [-0.1, -0.05) is 12.2 Å². The highest BCUT2D eigenvalue weighted by Crippen LogP contribution is 2.49. The first-order valence-electron chi connectivity index (χ1n) is 5.15. The van der Waals surface area contributed by atoms with E-state index in [-0.39, 0.29) is 12.3 Å². The molecule has 98 valence electrons. The van der Waals surface area contributed by atoms with Crippen LogP contribution in [0.4, 0.5) is 4.39 Å². The van der Waals surface area contributed by atoms with E-state index in [9.17, 15) is 17.4 Å². The SMILES string of the molecule is C=CCP(=O)(CC=C)OC1CS(=O)(=O)CC1F.